The normalized spacial score (nSPS) is 22.8. The van der Waals surface area contributed by atoms with Gasteiger partial charge in [-0.15, -0.1) is 11.3 Å². The van der Waals surface area contributed by atoms with Crippen molar-refractivity contribution in [2.45, 2.75) is 58.1 Å². The quantitative estimate of drug-likeness (QED) is 0.821. The van der Waals surface area contributed by atoms with E-state index in [9.17, 15) is 4.79 Å². The summed E-state index contributed by atoms with van der Waals surface area (Å²) in [5, 5.41) is 4.18. The van der Waals surface area contributed by atoms with Gasteiger partial charge in [0.15, 0.2) is 0 Å². The molecule has 2 aliphatic heterocycles. The van der Waals surface area contributed by atoms with Crippen molar-refractivity contribution in [2.75, 3.05) is 26.2 Å². The van der Waals surface area contributed by atoms with E-state index in [0.29, 0.717) is 18.9 Å². The van der Waals surface area contributed by atoms with Crippen LogP contribution >= 0.6 is 11.3 Å². The molecule has 1 unspecified atom stereocenters. The molecular weight excluding hydrogens is 322 g/mol. The molecule has 3 rings (SSSR count). The zero-order chi connectivity index (χ0) is 16.8. The molecule has 1 aromatic heterocycles. The fourth-order valence-electron chi connectivity index (χ4n) is 3.59. The van der Waals surface area contributed by atoms with Gasteiger partial charge in [-0.2, -0.15) is 0 Å². The third kappa shape index (κ3) is 5.53. The lowest BCUT2D eigenvalue weighted by Crippen LogP contribution is -2.34. The number of rotatable bonds is 7. The Balaban J connectivity index is 1.28. The standard InChI is InChI=1S/C18H29N3O2S/c1-14-19-12-17(24-14)13-21-8-6-15(7-9-21)4-5-18(22)20-11-16-3-2-10-23-16/h12,15-16H,2-11,13H2,1H3,(H,20,22). The van der Waals surface area contributed by atoms with Gasteiger partial charge in [-0.3, -0.25) is 9.69 Å². The lowest BCUT2D eigenvalue weighted by molar-refractivity contribution is -0.122. The third-order valence-electron chi connectivity index (χ3n) is 5.09. The highest BCUT2D eigenvalue weighted by atomic mass is 32.1. The number of thiazole rings is 1. The van der Waals surface area contributed by atoms with E-state index in [2.05, 4.69) is 22.1 Å². The van der Waals surface area contributed by atoms with Crippen LogP contribution in [-0.4, -0.2) is 48.1 Å². The van der Waals surface area contributed by atoms with Gasteiger partial charge in [-0.25, -0.2) is 4.98 Å². The smallest absolute Gasteiger partial charge is 0.220 e. The highest BCUT2D eigenvalue weighted by molar-refractivity contribution is 7.11. The Kier molecular flexibility index (Phi) is 6.63. The summed E-state index contributed by atoms with van der Waals surface area (Å²) in [7, 11) is 0. The summed E-state index contributed by atoms with van der Waals surface area (Å²) in [6.07, 6.45) is 8.54. The van der Waals surface area contributed by atoms with Gasteiger partial charge in [0.25, 0.3) is 0 Å². The molecule has 134 valence electrons. The van der Waals surface area contributed by atoms with Crippen LogP contribution in [0.15, 0.2) is 6.20 Å². The summed E-state index contributed by atoms with van der Waals surface area (Å²) in [4.78, 5) is 20.2. The zero-order valence-corrected chi connectivity index (χ0v) is 15.4. The lowest BCUT2D eigenvalue weighted by Gasteiger charge is -2.31. The number of aryl methyl sites for hydroxylation is 1. The van der Waals surface area contributed by atoms with E-state index in [0.717, 1.165) is 50.5 Å². The summed E-state index contributed by atoms with van der Waals surface area (Å²) in [6, 6.07) is 0. The van der Waals surface area contributed by atoms with Crippen LogP contribution in [0.25, 0.3) is 0 Å². The Morgan fingerprint density at radius 2 is 2.25 bits per heavy atom. The SMILES string of the molecule is Cc1ncc(CN2CCC(CCC(=O)NCC3CCCO3)CC2)s1. The molecule has 1 amide bonds. The fraction of sp³-hybridized carbons (Fsp3) is 0.778. The van der Waals surface area contributed by atoms with Gasteiger partial charge >= 0.3 is 0 Å². The van der Waals surface area contributed by atoms with Crippen molar-refractivity contribution in [2.24, 2.45) is 5.92 Å². The molecule has 1 aromatic rings. The van der Waals surface area contributed by atoms with Crippen LogP contribution in [0.2, 0.25) is 0 Å². The molecule has 1 N–H and O–H groups in total. The highest BCUT2D eigenvalue weighted by Crippen LogP contribution is 2.24. The first-order valence-electron chi connectivity index (χ1n) is 9.21. The maximum absolute atomic E-state index is 12.0. The molecule has 2 aliphatic rings. The number of hydrogen-bond acceptors (Lipinski definition) is 5. The first-order chi connectivity index (χ1) is 11.7. The molecule has 2 fully saturated rings. The first-order valence-corrected chi connectivity index (χ1v) is 10.0. The van der Waals surface area contributed by atoms with Gasteiger partial charge in [0.05, 0.1) is 11.1 Å². The van der Waals surface area contributed by atoms with Gasteiger partial charge in [0, 0.05) is 37.2 Å². The molecule has 0 radical (unpaired) electrons. The van der Waals surface area contributed by atoms with Crippen molar-refractivity contribution < 1.29 is 9.53 Å². The Bertz CT molecular complexity index is 520. The molecule has 0 saturated carbocycles. The van der Waals surface area contributed by atoms with E-state index in [4.69, 9.17) is 4.74 Å². The number of ether oxygens (including phenoxy) is 1. The van der Waals surface area contributed by atoms with Crippen LogP contribution in [0.3, 0.4) is 0 Å². The van der Waals surface area contributed by atoms with E-state index < -0.39 is 0 Å². The summed E-state index contributed by atoms with van der Waals surface area (Å²) >= 11 is 1.80. The zero-order valence-electron chi connectivity index (χ0n) is 14.6. The van der Waals surface area contributed by atoms with Crippen molar-refractivity contribution in [3.63, 3.8) is 0 Å². The van der Waals surface area contributed by atoms with Gasteiger partial charge in [0.1, 0.15) is 0 Å². The van der Waals surface area contributed by atoms with Crippen LogP contribution < -0.4 is 5.32 Å². The van der Waals surface area contributed by atoms with E-state index in [1.165, 1.54) is 17.7 Å². The first kappa shape index (κ1) is 17.8. The maximum Gasteiger partial charge on any atom is 0.220 e. The number of piperidine rings is 1. The molecule has 3 heterocycles. The topological polar surface area (TPSA) is 54.5 Å². The van der Waals surface area contributed by atoms with Gasteiger partial charge in [0.2, 0.25) is 5.91 Å². The van der Waals surface area contributed by atoms with Crippen molar-refractivity contribution in [1.82, 2.24) is 15.2 Å². The number of nitrogens with one attached hydrogen (secondary N) is 1. The predicted molar refractivity (Wildman–Crippen MR) is 96.1 cm³/mol. The lowest BCUT2D eigenvalue weighted by atomic mass is 9.92. The number of likely N-dealkylation sites (tertiary alicyclic amines) is 1. The van der Waals surface area contributed by atoms with Crippen LogP contribution in [-0.2, 0) is 16.1 Å². The molecule has 1 atom stereocenters. The number of hydrogen-bond donors (Lipinski definition) is 1. The van der Waals surface area contributed by atoms with Gasteiger partial charge in [-0.05, 0) is 58.0 Å². The van der Waals surface area contributed by atoms with Gasteiger partial charge < -0.3 is 10.1 Å². The van der Waals surface area contributed by atoms with Crippen LogP contribution in [0.1, 0.15) is 48.4 Å². The largest absolute Gasteiger partial charge is 0.376 e. The van der Waals surface area contributed by atoms with Crippen molar-refractivity contribution in [3.05, 3.63) is 16.1 Å². The summed E-state index contributed by atoms with van der Waals surface area (Å²) in [6.45, 7) is 6.90. The Morgan fingerprint density at radius 3 is 2.92 bits per heavy atom. The molecule has 5 nitrogen and oxygen atoms in total. The fourth-order valence-corrected chi connectivity index (χ4v) is 4.43. The maximum atomic E-state index is 12.0. The van der Waals surface area contributed by atoms with E-state index in [1.807, 2.05) is 6.20 Å². The Morgan fingerprint density at radius 1 is 1.42 bits per heavy atom. The molecule has 0 aromatic carbocycles. The number of carbonyl (C=O) groups is 1. The Labute approximate surface area is 148 Å². The van der Waals surface area contributed by atoms with Gasteiger partial charge in [-0.1, -0.05) is 0 Å². The summed E-state index contributed by atoms with van der Waals surface area (Å²) in [5.74, 6) is 0.881. The molecule has 0 spiro atoms. The van der Waals surface area contributed by atoms with Crippen molar-refractivity contribution in [3.8, 4) is 0 Å². The molecule has 0 bridgehead atoms. The third-order valence-corrected chi connectivity index (χ3v) is 5.98. The minimum atomic E-state index is 0.188. The highest BCUT2D eigenvalue weighted by Gasteiger charge is 2.21. The molecule has 6 heteroatoms. The molecule has 0 aliphatic carbocycles. The van der Waals surface area contributed by atoms with Crippen LogP contribution in [0.5, 0.6) is 0 Å². The monoisotopic (exact) mass is 351 g/mol. The number of amides is 1. The predicted octanol–water partition coefficient (Wildman–Crippen LogP) is 2.74. The average molecular weight is 352 g/mol. The minimum Gasteiger partial charge on any atom is -0.376 e. The molecule has 24 heavy (non-hydrogen) atoms. The van der Waals surface area contributed by atoms with Crippen LogP contribution in [0.4, 0.5) is 0 Å². The minimum absolute atomic E-state index is 0.188. The van der Waals surface area contributed by atoms with E-state index in [1.54, 1.807) is 11.3 Å². The average Bonchev–Trinajstić information content (AvgIpc) is 3.24. The molecular formula is C18H29N3O2S. The van der Waals surface area contributed by atoms with Crippen molar-refractivity contribution in [1.29, 1.82) is 0 Å². The summed E-state index contributed by atoms with van der Waals surface area (Å²) < 4.78 is 5.54. The van der Waals surface area contributed by atoms with E-state index >= 15 is 0 Å². The second-order valence-electron chi connectivity index (χ2n) is 7.04. The second-order valence-corrected chi connectivity index (χ2v) is 8.36. The number of carbonyl (C=O) groups excluding carboxylic acids is 1. The number of nitrogens with zero attached hydrogens (tertiary/aromatic N) is 2. The van der Waals surface area contributed by atoms with Crippen molar-refractivity contribution >= 4 is 17.2 Å². The molecule has 2 saturated heterocycles. The number of aromatic nitrogens is 1. The summed E-state index contributed by atoms with van der Waals surface area (Å²) in [5.41, 5.74) is 0. The Hall–Kier alpha value is -0.980. The van der Waals surface area contributed by atoms with Crippen LogP contribution in [0, 0.1) is 12.8 Å². The second kappa shape index (κ2) is 8.92. The van der Waals surface area contributed by atoms with E-state index in [-0.39, 0.29) is 12.0 Å².